The van der Waals surface area contributed by atoms with Gasteiger partial charge in [-0.1, -0.05) is 12.1 Å². The van der Waals surface area contributed by atoms with Gasteiger partial charge in [0.2, 0.25) is 5.91 Å². The van der Waals surface area contributed by atoms with E-state index in [-0.39, 0.29) is 4.90 Å². The molecule has 8 heteroatoms. The lowest BCUT2D eigenvalue weighted by molar-refractivity contribution is -0.140. The van der Waals surface area contributed by atoms with Gasteiger partial charge in [-0.05, 0) is 24.6 Å². The van der Waals surface area contributed by atoms with Crippen LogP contribution in [0.15, 0.2) is 41.6 Å². The molecule has 2 rings (SSSR count). The van der Waals surface area contributed by atoms with Crippen molar-refractivity contribution in [2.24, 2.45) is 0 Å². The van der Waals surface area contributed by atoms with Crippen LogP contribution in [0, 0.1) is 6.92 Å². The molecule has 1 amide bonds. The molecule has 7 nitrogen and oxygen atoms in total. The van der Waals surface area contributed by atoms with Gasteiger partial charge in [0.15, 0.2) is 0 Å². The number of benzene rings is 1. The quantitative estimate of drug-likeness (QED) is 0.839. The third-order valence-corrected chi connectivity index (χ3v) is 4.77. The first-order chi connectivity index (χ1) is 9.82. The van der Waals surface area contributed by atoms with Crippen molar-refractivity contribution in [1.29, 1.82) is 0 Å². The number of sulfonamides is 1. The first-order valence-electron chi connectivity index (χ1n) is 6.11. The van der Waals surface area contributed by atoms with Gasteiger partial charge in [0.25, 0.3) is 10.0 Å². The van der Waals surface area contributed by atoms with Gasteiger partial charge in [0.1, 0.15) is 6.04 Å². The molecular formula is C13H14N2O5S. The lowest BCUT2D eigenvalue weighted by atomic mass is 10.2. The molecule has 1 atom stereocenters. The molecule has 1 aromatic carbocycles. The molecule has 1 aliphatic rings. The van der Waals surface area contributed by atoms with E-state index in [9.17, 15) is 18.0 Å². The minimum absolute atomic E-state index is 0.0113. The fourth-order valence-electron chi connectivity index (χ4n) is 2.00. The summed E-state index contributed by atoms with van der Waals surface area (Å²) in [5.74, 6) is -1.92. The predicted molar refractivity (Wildman–Crippen MR) is 73.5 cm³/mol. The number of aryl methyl sites for hydroxylation is 1. The molecule has 0 aliphatic carbocycles. The van der Waals surface area contributed by atoms with E-state index in [1.807, 2.05) is 0 Å². The van der Waals surface area contributed by atoms with Crippen molar-refractivity contribution in [2.45, 2.75) is 24.3 Å². The van der Waals surface area contributed by atoms with E-state index >= 15 is 0 Å². The normalized spacial score (nSPS) is 18.4. The van der Waals surface area contributed by atoms with E-state index in [1.54, 1.807) is 19.1 Å². The first-order valence-corrected chi connectivity index (χ1v) is 7.55. The Morgan fingerprint density at radius 3 is 2.76 bits per heavy atom. The maximum atomic E-state index is 12.6. The highest BCUT2D eigenvalue weighted by Gasteiger charge is 2.36. The number of aliphatic carboxylic acids is 1. The number of carbonyl (C=O) groups excluding carboxylic acids is 1. The number of hydrogen-bond donors (Lipinski definition) is 2. The van der Waals surface area contributed by atoms with Crippen LogP contribution in [0.2, 0.25) is 0 Å². The number of rotatable bonds is 4. The van der Waals surface area contributed by atoms with Crippen molar-refractivity contribution in [2.75, 3.05) is 0 Å². The van der Waals surface area contributed by atoms with Gasteiger partial charge in [-0.2, -0.15) is 0 Å². The van der Waals surface area contributed by atoms with Crippen LogP contribution < -0.4 is 5.32 Å². The van der Waals surface area contributed by atoms with E-state index in [1.165, 1.54) is 18.3 Å². The second-order valence-corrected chi connectivity index (χ2v) is 6.43. The average molecular weight is 310 g/mol. The van der Waals surface area contributed by atoms with Crippen molar-refractivity contribution < 1.29 is 23.1 Å². The highest BCUT2D eigenvalue weighted by molar-refractivity contribution is 7.89. The molecule has 0 radical (unpaired) electrons. The van der Waals surface area contributed by atoms with Gasteiger partial charge in [-0.15, -0.1) is 0 Å². The fourth-order valence-corrected chi connectivity index (χ4v) is 3.56. The Labute approximate surface area is 121 Å². The Balaban J connectivity index is 2.45. The summed E-state index contributed by atoms with van der Waals surface area (Å²) in [6, 6.07) is 4.89. The minimum atomic E-state index is -3.99. The topological polar surface area (TPSA) is 104 Å². The SMILES string of the molecule is Cc1cccc(S(=O)(=O)N2C=CNC(=O)[C@H]2CC(=O)O)c1. The molecule has 0 saturated heterocycles. The van der Waals surface area contributed by atoms with Gasteiger partial charge in [-0.25, -0.2) is 8.42 Å². The second-order valence-electron chi connectivity index (χ2n) is 4.59. The van der Waals surface area contributed by atoms with Crippen LogP contribution >= 0.6 is 0 Å². The van der Waals surface area contributed by atoms with Crippen molar-refractivity contribution in [3.05, 3.63) is 42.2 Å². The minimum Gasteiger partial charge on any atom is -0.481 e. The van der Waals surface area contributed by atoms with Gasteiger partial charge in [-0.3, -0.25) is 13.9 Å². The van der Waals surface area contributed by atoms with E-state index in [0.717, 1.165) is 16.1 Å². The monoisotopic (exact) mass is 310 g/mol. The Bertz CT molecular complexity index is 711. The number of nitrogens with one attached hydrogen (secondary N) is 1. The van der Waals surface area contributed by atoms with Crippen molar-refractivity contribution >= 4 is 21.9 Å². The van der Waals surface area contributed by atoms with E-state index < -0.39 is 34.4 Å². The van der Waals surface area contributed by atoms with Gasteiger partial charge < -0.3 is 10.4 Å². The summed E-state index contributed by atoms with van der Waals surface area (Å²) in [5.41, 5.74) is 0.747. The summed E-state index contributed by atoms with van der Waals surface area (Å²) in [6.45, 7) is 1.74. The van der Waals surface area contributed by atoms with Crippen molar-refractivity contribution in [3.63, 3.8) is 0 Å². The summed E-state index contributed by atoms with van der Waals surface area (Å²) in [5, 5.41) is 11.2. The second kappa shape index (κ2) is 5.57. The van der Waals surface area contributed by atoms with Crippen molar-refractivity contribution in [3.8, 4) is 0 Å². The molecule has 112 valence electrons. The Hall–Kier alpha value is -2.35. The van der Waals surface area contributed by atoms with Gasteiger partial charge in [0.05, 0.1) is 11.3 Å². The largest absolute Gasteiger partial charge is 0.481 e. The van der Waals surface area contributed by atoms with Crippen LogP contribution in [0.3, 0.4) is 0 Å². The summed E-state index contributed by atoms with van der Waals surface area (Å²) >= 11 is 0. The number of carboxylic acids is 1. The Morgan fingerprint density at radius 1 is 1.43 bits per heavy atom. The van der Waals surface area contributed by atoms with E-state index in [4.69, 9.17) is 5.11 Å². The van der Waals surface area contributed by atoms with Crippen LogP contribution in [-0.4, -0.2) is 35.7 Å². The number of carboxylic acid groups (broad SMARTS) is 1. The smallest absolute Gasteiger partial charge is 0.306 e. The van der Waals surface area contributed by atoms with Crippen LogP contribution in [-0.2, 0) is 19.6 Å². The highest BCUT2D eigenvalue weighted by Crippen LogP contribution is 2.22. The molecular weight excluding hydrogens is 296 g/mol. The zero-order valence-corrected chi connectivity index (χ0v) is 12.0. The van der Waals surface area contributed by atoms with Crippen molar-refractivity contribution in [1.82, 2.24) is 9.62 Å². The molecule has 1 heterocycles. The summed E-state index contributed by atoms with van der Waals surface area (Å²) in [4.78, 5) is 22.6. The van der Waals surface area contributed by atoms with Gasteiger partial charge in [0, 0.05) is 12.4 Å². The van der Waals surface area contributed by atoms with Crippen LogP contribution in [0.1, 0.15) is 12.0 Å². The molecule has 1 aromatic rings. The number of amides is 1. The zero-order valence-electron chi connectivity index (χ0n) is 11.2. The molecule has 0 unspecified atom stereocenters. The fraction of sp³-hybridized carbons (Fsp3) is 0.231. The maximum absolute atomic E-state index is 12.6. The molecule has 1 aliphatic heterocycles. The van der Waals surface area contributed by atoms with Gasteiger partial charge >= 0.3 is 5.97 Å². The molecule has 0 saturated carbocycles. The summed E-state index contributed by atoms with van der Waals surface area (Å²) in [7, 11) is -3.99. The number of carbonyl (C=O) groups is 2. The molecule has 0 bridgehead atoms. The summed E-state index contributed by atoms with van der Waals surface area (Å²) < 4.78 is 25.9. The maximum Gasteiger partial charge on any atom is 0.306 e. The predicted octanol–water partition coefficient (Wildman–Crippen LogP) is 0.430. The number of hydrogen-bond acceptors (Lipinski definition) is 4. The molecule has 0 fully saturated rings. The standard InChI is InChI=1S/C13H14N2O5S/c1-9-3-2-4-10(7-9)21(19,20)15-6-5-14-13(18)11(15)8-12(16)17/h2-7,11H,8H2,1H3,(H,14,18)(H,16,17)/t11-/m1/s1. The third-order valence-electron chi connectivity index (χ3n) is 2.99. The summed E-state index contributed by atoms with van der Waals surface area (Å²) in [6.07, 6.45) is 1.72. The van der Waals surface area contributed by atoms with E-state index in [2.05, 4.69) is 5.32 Å². The van der Waals surface area contributed by atoms with Crippen LogP contribution in [0.25, 0.3) is 0 Å². The Morgan fingerprint density at radius 2 is 2.14 bits per heavy atom. The first kappa shape index (κ1) is 15.0. The Kier molecular flexibility index (Phi) is 3.99. The van der Waals surface area contributed by atoms with Crippen LogP contribution in [0.4, 0.5) is 0 Å². The van der Waals surface area contributed by atoms with Crippen LogP contribution in [0.5, 0.6) is 0 Å². The average Bonchev–Trinajstić information content (AvgIpc) is 2.40. The lowest BCUT2D eigenvalue weighted by Crippen LogP contribution is -2.49. The number of nitrogens with zero attached hydrogens (tertiary/aromatic N) is 1. The molecule has 0 aromatic heterocycles. The molecule has 21 heavy (non-hydrogen) atoms. The molecule has 0 spiro atoms. The van der Waals surface area contributed by atoms with E-state index in [0.29, 0.717) is 0 Å². The zero-order chi connectivity index (χ0) is 15.6. The third kappa shape index (κ3) is 3.05. The highest BCUT2D eigenvalue weighted by atomic mass is 32.2. The molecule has 2 N–H and O–H groups in total. The lowest BCUT2D eigenvalue weighted by Gasteiger charge is -2.30.